The number of hydrogen-bond acceptors (Lipinski definition) is 1. The molecular formula is C17H24O. The lowest BCUT2D eigenvalue weighted by Crippen LogP contribution is -1.95. The first-order chi connectivity index (χ1) is 8.76. The second-order valence-electron chi connectivity index (χ2n) is 5.49. The number of carbonyl (C=O) groups excluding carboxylic acids is 1. The van der Waals surface area contributed by atoms with Gasteiger partial charge in [0.05, 0.1) is 0 Å². The molecule has 1 aromatic rings. The van der Waals surface area contributed by atoms with Gasteiger partial charge in [-0.25, -0.2) is 0 Å². The van der Waals surface area contributed by atoms with E-state index in [0.717, 1.165) is 18.4 Å². The van der Waals surface area contributed by atoms with E-state index in [1.165, 1.54) is 43.2 Å². The molecule has 0 saturated carbocycles. The number of carbonyl (C=O) groups is 1. The van der Waals surface area contributed by atoms with Crippen LogP contribution in [-0.4, -0.2) is 5.78 Å². The molecule has 1 aliphatic carbocycles. The van der Waals surface area contributed by atoms with Gasteiger partial charge in [-0.15, -0.1) is 0 Å². The van der Waals surface area contributed by atoms with E-state index in [0.29, 0.717) is 11.7 Å². The van der Waals surface area contributed by atoms with Crippen molar-refractivity contribution in [3.63, 3.8) is 0 Å². The number of unbranched alkanes of at least 4 members (excludes halogenated alkanes) is 2. The topological polar surface area (TPSA) is 17.1 Å². The highest BCUT2D eigenvalue weighted by atomic mass is 16.1. The van der Waals surface area contributed by atoms with Gasteiger partial charge in [0.25, 0.3) is 0 Å². The second-order valence-corrected chi connectivity index (χ2v) is 5.49. The van der Waals surface area contributed by atoms with Crippen LogP contribution in [0.4, 0.5) is 0 Å². The molecule has 0 heterocycles. The highest BCUT2D eigenvalue weighted by Crippen LogP contribution is 2.37. The van der Waals surface area contributed by atoms with Crippen LogP contribution in [0.2, 0.25) is 0 Å². The quantitative estimate of drug-likeness (QED) is 0.696. The van der Waals surface area contributed by atoms with E-state index in [1.54, 1.807) is 0 Å². The van der Waals surface area contributed by atoms with Crippen molar-refractivity contribution >= 4 is 5.78 Å². The van der Waals surface area contributed by atoms with Crippen LogP contribution in [0.5, 0.6) is 0 Å². The normalized spacial score (nSPS) is 18.1. The second kappa shape index (κ2) is 6.17. The zero-order valence-corrected chi connectivity index (χ0v) is 11.7. The highest BCUT2D eigenvalue weighted by Gasteiger charge is 2.28. The summed E-state index contributed by atoms with van der Waals surface area (Å²) in [6.45, 7) is 4.44. The van der Waals surface area contributed by atoms with Crippen molar-refractivity contribution in [1.29, 1.82) is 0 Å². The molecule has 0 fully saturated rings. The molecule has 1 unspecified atom stereocenters. The van der Waals surface area contributed by atoms with Crippen LogP contribution in [0.25, 0.3) is 0 Å². The third-order valence-electron chi connectivity index (χ3n) is 4.01. The number of hydrogen-bond donors (Lipinski definition) is 0. The smallest absolute Gasteiger partial charge is 0.163 e. The standard InChI is InChI=1S/C17H24O/c1-3-5-7-13-9-10-15-16(11-13)14(8-6-4-2)12-17(15)18/h9-11,14H,3-8,12H2,1-2H3. The number of fused-ring (bicyclic) bond motifs is 1. The van der Waals surface area contributed by atoms with E-state index in [4.69, 9.17) is 0 Å². The molecule has 1 atom stereocenters. The molecule has 1 aliphatic rings. The molecule has 1 heteroatoms. The first kappa shape index (κ1) is 13.3. The molecule has 0 spiro atoms. The molecule has 1 aromatic carbocycles. The van der Waals surface area contributed by atoms with Gasteiger partial charge >= 0.3 is 0 Å². The number of aryl methyl sites for hydroxylation is 1. The molecule has 0 radical (unpaired) electrons. The largest absolute Gasteiger partial charge is 0.294 e. The molecule has 0 aliphatic heterocycles. The summed E-state index contributed by atoms with van der Waals surface area (Å²) in [7, 11) is 0. The Morgan fingerprint density at radius 3 is 2.67 bits per heavy atom. The summed E-state index contributed by atoms with van der Waals surface area (Å²) in [4.78, 5) is 12.0. The fourth-order valence-electron chi connectivity index (χ4n) is 2.89. The zero-order chi connectivity index (χ0) is 13.0. The minimum Gasteiger partial charge on any atom is -0.294 e. The van der Waals surface area contributed by atoms with Crippen molar-refractivity contribution in [2.24, 2.45) is 0 Å². The first-order valence-electron chi connectivity index (χ1n) is 7.42. The Bertz CT molecular complexity index is 420. The van der Waals surface area contributed by atoms with Crippen molar-refractivity contribution in [3.8, 4) is 0 Å². The van der Waals surface area contributed by atoms with Crippen LogP contribution in [0.3, 0.4) is 0 Å². The maximum atomic E-state index is 12.0. The van der Waals surface area contributed by atoms with Gasteiger partial charge in [0, 0.05) is 12.0 Å². The van der Waals surface area contributed by atoms with Gasteiger partial charge in [-0.3, -0.25) is 4.79 Å². The Hall–Kier alpha value is -1.11. The molecule has 2 rings (SSSR count). The van der Waals surface area contributed by atoms with Crippen LogP contribution in [0, 0.1) is 0 Å². The molecule has 18 heavy (non-hydrogen) atoms. The first-order valence-corrected chi connectivity index (χ1v) is 7.42. The predicted molar refractivity (Wildman–Crippen MR) is 76.3 cm³/mol. The third-order valence-corrected chi connectivity index (χ3v) is 4.01. The third kappa shape index (κ3) is 2.82. The maximum absolute atomic E-state index is 12.0. The lowest BCUT2D eigenvalue weighted by Gasteiger charge is -2.11. The molecule has 0 bridgehead atoms. The van der Waals surface area contributed by atoms with Crippen LogP contribution in [-0.2, 0) is 6.42 Å². The van der Waals surface area contributed by atoms with Crippen LogP contribution >= 0.6 is 0 Å². The molecule has 0 amide bonds. The fraction of sp³-hybridized carbons (Fsp3) is 0.588. The van der Waals surface area contributed by atoms with Gasteiger partial charge in [0.2, 0.25) is 0 Å². The predicted octanol–water partition coefficient (Wildman–Crippen LogP) is 4.89. The van der Waals surface area contributed by atoms with Crippen LogP contribution in [0.1, 0.15) is 79.8 Å². The summed E-state index contributed by atoms with van der Waals surface area (Å²) in [6, 6.07) is 6.51. The summed E-state index contributed by atoms with van der Waals surface area (Å²) >= 11 is 0. The molecule has 0 aromatic heterocycles. The van der Waals surface area contributed by atoms with Crippen LogP contribution < -0.4 is 0 Å². The number of benzene rings is 1. The Balaban J connectivity index is 2.17. The molecular weight excluding hydrogens is 220 g/mol. The number of ketones is 1. The summed E-state index contributed by atoms with van der Waals surface area (Å²) in [5.41, 5.74) is 3.74. The lowest BCUT2D eigenvalue weighted by molar-refractivity contribution is 0.0988. The lowest BCUT2D eigenvalue weighted by atomic mass is 9.93. The van der Waals surface area contributed by atoms with E-state index in [9.17, 15) is 4.79 Å². The molecule has 0 saturated heterocycles. The Labute approximate surface area is 111 Å². The van der Waals surface area contributed by atoms with E-state index >= 15 is 0 Å². The molecule has 1 nitrogen and oxygen atoms in total. The summed E-state index contributed by atoms with van der Waals surface area (Å²) in [5.74, 6) is 0.849. The van der Waals surface area contributed by atoms with Gasteiger partial charge in [0.1, 0.15) is 0 Å². The van der Waals surface area contributed by atoms with Crippen molar-refractivity contribution in [2.45, 2.75) is 64.7 Å². The van der Waals surface area contributed by atoms with Crippen molar-refractivity contribution in [3.05, 3.63) is 34.9 Å². The Morgan fingerprint density at radius 2 is 1.94 bits per heavy atom. The number of rotatable bonds is 6. The summed E-state index contributed by atoms with van der Waals surface area (Å²) < 4.78 is 0. The molecule has 98 valence electrons. The average molecular weight is 244 g/mol. The highest BCUT2D eigenvalue weighted by molar-refractivity contribution is 6.01. The SMILES string of the molecule is CCCCc1ccc2c(c1)C(CCCC)CC2=O. The van der Waals surface area contributed by atoms with Gasteiger partial charge < -0.3 is 0 Å². The fourth-order valence-corrected chi connectivity index (χ4v) is 2.89. The van der Waals surface area contributed by atoms with Crippen molar-refractivity contribution < 1.29 is 4.79 Å². The Morgan fingerprint density at radius 1 is 1.17 bits per heavy atom. The van der Waals surface area contributed by atoms with Gasteiger partial charge in [0.15, 0.2) is 5.78 Å². The van der Waals surface area contributed by atoms with Gasteiger partial charge in [-0.1, -0.05) is 51.3 Å². The minimum absolute atomic E-state index is 0.355. The summed E-state index contributed by atoms with van der Waals surface area (Å²) in [6.07, 6.45) is 7.99. The average Bonchev–Trinajstić information content (AvgIpc) is 2.70. The molecule has 0 N–H and O–H groups in total. The van der Waals surface area contributed by atoms with E-state index in [1.807, 2.05) is 0 Å². The van der Waals surface area contributed by atoms with Crippen molar-refractivity contribution in [2.75, 3.05) is 0 Å². The maximum Gasteiger partial charge on any atom is 0.163 e. The summed E-state index contributed by atoms with van der Waals surface area (Å²) in [5, 5.41) is 0. The monoisotopic (exact) mass is 244 g/mol. The zero-order valence-electron chi connectivity index (χ0n) is 11.7. The van der Waals surface area contributed by atoms with E-state index < -0.39 is 0 Å². The van der Waals surface area contributed by atoms with Gasteiger partial charge in [-0.05, 0) is 36.3 Å². The van der Waals surface area contributed by atoms with Crippen molar-refractivity contribution in [1.82, 2.24) is 0 Å². The minimum atomic E-state index is 0.355. The number of Topliss-reactive ketones (excluding diaryl/α,β-unsaturated/α-hetero) is 1. The van der Waals surface area contributed by atoms with Crippen LogP contribution in [0.15, 0.2) is 18.2 Å². The Kier molecular flexibility index (Phi) is 4.57. The van der Waals surface area contributed by atoms with E-state index in [-0.39, 0.29) is 0 Å². The van der Waals surface area contributed by atoms with E-state index in [2.05, 4.69) is 32.0 Å². The van der Waals surface area contributed by atoms with Gasteiger partial charge in [-0.2, -0.15) is 0 Å².